The average molecular weight is 372 g/mol. The second-order valence-electron chi connectivity index (χ2n) is 6.59. The molecule has 1 aliphatic rings. The predicted octanol–water partition coefficient (Wildman–Crippen LogP) is -1.01. The summed E-state index contributed by atoms with van der Waals surface area (Å²) >= 11 is 0. The minimum atomic E-state index is -0.879. The predicted molar refractivity (Wildman–Crippen MR) is 97.4 cm³/mol. The fourth-order valence-corrected chi connectivity index (χ4v) is 3.12. The summed E-state index contributed by atoms with van der Waals surface area (Å²) < 4.78 is 0. The van der Waals surface area contributed by atoms with Gasteiger partial charge in [-0.1, -0.05) is 6.92 Å². The average Bonchev–Trinajstić information content (AvgIpc) is 2.58. The number of carboxylic acid groups (broad SMARTS) is 2. The molecule has 1 aliphatic heterocycles. The summed E-state index contributed by atoms with van der Waals surface area (Å²) in [6.07, 6.45) is 1.59. The molecule has 1 rings (SSSR count). The van der Waals surface area contributed by atoms with Crippen LogP contribution in [0, 0.1) is 0 Å². The summed E-state index contributed by atoms with van der Waals surface area (Å²) in [4.78, 5) is 41.2. The molecule has 0 aromatic rings. The summed E-state index contributed by atoms with van der Waals surface area (Å²) in [5.74, 6) is -1.73. The number of aldehydes is 1. The molecule has 0 radical (unpaired) electrons. The molecule has 9 heteroatoms. The van der Waals surface area contributed by atoms with Crippen LogP contribution in [0.3, 0.4) is 0 Å². The lowest BCUT2D eigenvalue weighted by atomic mass is 10.3. The number of nitrogens with zero attached hydrogens (tertiary/aromatic N) is 4. The van der Waals surface area contributed by atoms with Gasteiger partial charge in [0, 0.05) is 52.4 Å². The van der Waals surface area contributed by atoms with Gasteiger partial charge in [-0.05, 0) is 13.0 Å². The van der Waals surface area contributed by atoms with Crippen LogP contribution in [0.5, 0.6) is 0 Å². The van der Waals surface area contributed by atoms with Gasteiger partial charge in [0.2, 0.25) is 0 Å². The number of hydrogen-bond acceptors (Lipinski definition) is 7. The minimum Gasteiger partial charge on any atom is -0.480 e. The van der Waals surface area contributed by atoms with Gasteiger partial charge in [-0.3, -0.25) is 24.3 Å². The van der Waals surface area contributed by atoms with Gasteiger partial charge in [-0.2, -0.15) is 0 Å². The van der Waals surface area contributed by atoms with Crippen LogP contribution in [0.2, 0.25) is 0 Å². The van der Waals surface area contributed by atoms with Gasteiger partial charge in [0.15, 0.2) is 0 Å². The minimum absolute atomic E-state index is 0.00620. The third-order valence-corrected chi connectivity index (χ3v) is 4.64. The number of hydrogen-bond donors (Lipinski definition) is 2. The maximum atomic E-state index is 11.1. The van der Waals surface area contributed by atoms with Gasteiger partial charge in [-0.25, -0.2) is 0 Å². The van der Waals surface area contributed by atoms with Gasteiger partial charge in [0.25, 0.3) is 0 Å². The van der Waals surface area contributed by atoms with E-state index in [1.807, 2.05) is 14.7 Å². The van der Waals surface area contributed by atoms with Crippen LogP contribution in [-0.4, -0.2) is 127 Å². The Morgan fingerprint density at radius 2 is 1.19 bits per heavy atom. The third-order valence-electron chi connectivity index (χ3n) is 4.64. The van der Waals surface area contributed by atoms with Gasteiger partial charge in [-0.15, -0.1) is 0 Å². The van der Waals surface area contributed by atoms with E-state index in [-0.39, 0.29) is 13.1 Å². The summed E-state index contributed by atoms with van der Waals surface area (Å²) in [6, 6.07) is 0. The van der Waals surface area contributed by atoms with E-state index >= 15 is 0 Å². The fraction of sp³-hybridized carbons (Fsp3) is 0.824. The summed E-state index contributed by atoms with van der Waals surface area (Å²) in [5, 5.41) is 18.2. The molecule has 26 heavy (non-hydrogen) atoms. The number of carboxylic acids is 2. The monoisotopic (exact) mass is 372 g/mol. The lowest BCUT2D eigenvalue weighted by Crippen LogP contribution is -2.42. The Morgan fingerprint density at radius 3 is 1.58 bits per heavy atom. The summed E-state index contributed by atoms with van der Waals surface area (Å²) in [6.45, 7) is 8.60. The Balaban J connectivity index is 2.79. The Labute approximate surface area is 155 Å². The first-order chi connectivity index (χ1) is 12.4. The van der Waals surface area contributed by atoms with Crippen molar-refractivity contribution in [2.45, 2.75) is 13.3 Å². The fourth-order valence-electron chi connectivity index (χ4n) is 3.12. The molecule has 0 amide bonds. The van der Waals surface area contributed by atoms with Crippen LogP contribution in [0.1, 0.15) is 13.3 Å². The highest BCUT2D eigenvalue weighted by molar-refractivity contribution is 5.69. The first-order valence-electron chi connectivity index (χ1n) is 9.21. The van der Waals surface area contributed by atoms with Crippen molar-refractivity contribution in [3.05, 3.63) is 0 Å². The van der Waals surface area contributed by atoms with Crippen molar-refractivity contribution in [2.24, 2.45) is 0 Å². The summed E-state index contributed by atoms with van der Waals surface area (Å²) in [5.41, 5.74) is 0. The molecule has 0 atom stereocenters. The van der Waals surface area contributed by atoms with Crippen molar-refractivity contribution in [3.63, 3.8) is 0 Å². The number of aliphatic carboxylic acids is 2. The molecule has 150 valence electrons. The lowest BCUT2D eigenvalue weighted by molar-refractivity contribution is -0.139. The van der Waals surface area contributed by atoms with E-state index in [1.54, 1.807) is 0 Å². The molecule has 1 fully saturated rings. The molecule has 0 saturated carbocycles. The molecule has 0 spiro atoms. The molecule has 0 unspecified atom stereocenters. The van der Waals surface area contributed by atoms with E-state index in [4.69, 9.17) is 10.2 Å². The number of rotatable bonds is 7. The molecular formula is C17H32N4O5. The largest absolute Gasteiger partial charge is 0.480 e. The molecule has 0 aromatic carbocycles. The van der Waals surface area contributed by atoms with Crippen molar-refractivity contribution in [1.82, 2.24) is 19.6 Å². The quantitative estimate of drug-likeness (QED) is 0.544. The zero-order valence-electron chi connectivity index (χ0n) is 15.7. The maximum Gasteiger partial charge on any atom is 0.317 e. The van der Waals surface area contributed by atoms with Gasteiger partial charge in [0.1, 0.15) is 6.29 Å². The van der Waals surface area contributed by atoms with E-state index in [0.717, 1.165) is 32.5 Å². The van der Waals surface area contributed by atoms with E-state index in [0.29, 0.717) is 45.7 Å². The smallest absolute Gasteiger partial charge is 0.317 e. The number of likely N-dealkylation sites (N-methyl/N-ethyl adjacent to an activating group) is 1. The second kappa shape index (κ2) is 12.7. The highest BCUT2D eigenvalue weighted by Crippen LogP contribution is 2.01. The second-order valence-corrected chi connectivity index (χ2v) is 6.59. The third kappa shape index (κ3) is 9.81. The highest BCUT2D eigenvalue weighted by Gasteiger charge is 2.17. The first-order valence-corrected chi connectivity index (χ1v) is 9.21. The zero-order valence-corrected chi connectivity index (χ0v) is 15.7. The van der Waals surface area contributed by atoms with Crippen LogP contribution < -0.4 is 0 Å². The highest BCUT2D eigenvalue weighted by atomic mass is 16.4. The van der Waals surface area contributed by atoms with Gasteiger partial charge < -0.3 is 19.9 Å². The van der Waals surface area contributed by atoms with Crippen molar-refractivity contribution in [2.75, 3.05) is 78.5 Å². The van der Waals surface area contributed by atoms with Crippen LogP contribution in [0.25, 0.3) is 0 Å². The standard InChI is InChI=1S/C17H32N4O5/c1-2-18-6-8-19(12-13-22)9-11-21(15-17(25)26)5-3-4-20(10-7-18)14-16(23)24/h13H,2-12,14-15H2,1H3,(H,23,24)(H,25,26). The molecule has 1 saturated heterocycles. The first kappa shape index (κ1) is 22.5. The van der Waals surface area contributed by atoms with Crippen LogP contribution in [0.4, 0.5) is 0 Å². The van der Waals surface area contributed by atoms with Crippen LogP contribution >= 0.6 is 0 Å². The van der Waals surface area contributed by atoms with Crippen LogP contribution in [0.15, 0.2) is 0 Å². The normalized spacial score (nSPS) is 20.7. The maximum absolute atomic E-state index is 11.1. The Morgan fingerprint density at radius 1 is 0.769 bits per heavy atom. The van der Waals surface area contributed by atoms with Gasteiger partial charge >= 0.3 is 11.9 Å². The van der Waals surface area contributed by atoms with E-state index in [9.17, 15) is 14.4 Å². The molecular weight excluding hydrogens is 340 g/mol. The van der Waals surface area contributed by atoms with E-state index in [2.05, 4.69) is 11.8 Å². The van der Waals surface area contributed by atoms with E-state index < -0.39 is 11.9 Å². The van der Waals surface area contributed by atoms with Crippen LogP contribution in [-0.2, 0) is 14.4 Å². The number of carbonyl (C=O) groups excluding carboxylic acids is 1. The van der Waals surface area contributed by atoms with Crippen molar-refractivity contribution in [3.8, 4) is 0 Å². The lowest BCUT2D eigenvalue weighted by Gasteiger charge is -2.28. The zero-order chi connectivity index (χ0) is 19.4. The van der Waals surface area contributed by atoms with Crippen molar-refractivity contribution in [1.29, 1.82) is 0 Å². The van der Waals surface area contributed by atoms with Crippen molar-refractivity contribution < 1.29 is 24.6 Å². The van der Waals surface area contributed by atoms with E-state index in [1.165, 1.54) is 0 Å². The Kier molecular flexibility index (Phi) is 11.0. The molecule has 9 nitrogen and oxygen atoms in total. The molecule has 1 heterocycles. The Hall–Kier alpha value is -1.55. The topological polar surface area (TPSA) is 105 Å². The van der Waals surface area contributed by atoms with Crippen molar-refractivity contribution >= 4 is 18.2 Å². The molecule has 0 aromatic heterocycles. The summed E-state index contributed by atoms with van der Waals surface area (Å²) in [7, 11) is 0. The molecule has 2 N–H and O–H groups in total. The van der Waals surface area contributed by atoms with Gasteiger partial charge in [0.05, 0.1) is 19.6 Å². The molecule has 0 aliphatic carbocycles. The molecule has 0 bridgehead atoms. The Bertz CT molecular complexity index is 449. The SMILES string of the molecule is CCN1CCN(CC=O)CCN(CC(=O)O)CCCN(CC(=O)O)CC1. The number of carbonyl (C=O) groups is 3.